The van der Waals surface area contributed by atoms with Crippen LogP contribution in [0.4, 0.5) is 5.82 Å². The largest absolute Gasteiger partial charge is 0.381 e. The highest BCUT2D eigenvalue weighted by molar-refractivity contribution is 14.1. The first-order valence-electron chi connectivity index (χ1n) is 2.13. The van der Waals surface area contributed by atoms with E-state index in [1.165, 1.54) is 0 Å². The summed E-state index contributed by atoms with van der Waals surface area (Å²) in [5.41, 5.74) is 5.36. The molecule has 0 atom stereocenters. The quantitative estimate of drug-likeness (QED) is 0.737. The Bertz CT molecular complexity index is 227. The molecule has 0 spiro atoms. The zero-order valence-corrected chi connectivity index (χ0v) is 8.05. The number of nitrogens with two attached hydrogens (primary N) is 1. The number of hydrogen-bond acceptors (Lipinski definition) is 3. The van der Waals surface area contributed by atoms with Crippen LogP contribution in [0.25, 0.3) is 0 Å². The number of hydrogen-bond donors (Lipinski definition) is 1. The van der Waals surface area contributed by atoms with E-state index in [1.54, 1.807) is 6.20 Å². The fraction of sp³-hybridized carbons (Fsp3) is 0. The lowest BCUT2D eigenvalue weighted by molar-refractivity contribution is 1.14. The van der Waals surface area contributed by atoms with Crippen molar-refractivity contribution in [2.24, 2.45) is 0 Å². The predicted molar refractivity (Wildman–Crippen MR) is 46.9 cm³/mol. The molecule has 0 bridgehead atoms. The highest BCUT2D eigenvalue weighted by Gasteiger charge is 1.96. The molecule has 0 aliphatic carbocycles. The van der Waals surface area contributed by atoms with E-state index >= 15 is 0 Å². The molecule has 0 saturated heterocycles. The topological polar surface area (TPSA) is 51.8 Å². The van der Waals surface area contributed by atoms with E-state index in [4.69, 9.17) is 5.73 Å². The van der Waals surface area contributed by atoms with E-state index in [9.17, 15) is 0 Å². The van der Waals surface area contributed by atoms with Crippen molar-refractivity contribution in [2.75, 3.05) is 5.73 Å². The molecule has 0 aromatic carbocycles. The Balaban J connectivity index is 3.17. The van der Waals surface area contributed by atoms with Crippen molar-refractivity contribution in [2.45, 2.75) is 0 Å². The van der Waals surface area contributed by atoms with Gasteiger partial charge in [0.25, 0.3) is 0 Å². The number of nitrogens with zero attached hydrogens (tertiary/aromatic N) is 2. The van der Waals surface area contributed by atoms with Crippen LogP contribution in [0.2, 0.25) is 0 Å². The summed E-state index contributed by atoms with van der Waals surface area (Å²) >= 11 is 5.21. The first-order valence-corrected chi connectivity index (χ1v) is 4.01. The lowest BCUT2D eigenvalue weighted by Crippen LogP contribution is -1.94. The molecular weight excluding hydrogens is 297 g/mol. The summed E-state index contributed by atoms with van der Waals surface area (Å²) in [6, 6.07) is 0. The van der Waals surface area contributed by atoms with Gasteiger partial charge in [0.2, 0.25) is 0 Å². The Hall–Kier alpha value is 0.0900. The molecular formula is C4H3BrIN3. The molecule has 1 aromatic heterocycles. The summed E-state index contributed by atoms with van der Waals surface area (Å²) in [5, 5.41) is 0. The molecule has 3 nitrogen and oxygen atoms in total. The molecule has 0 aliphatic rings. The van der Waals surface area contributed by atoms with Gasteiger partial charge >= 0.3 is 0 Å². The van der Waals surface area contributed by atoms with Gasteiger partial charge in [0.05, 0.1) is 6.20 Å². The highest BCUT2D eigenvalue weighted by atomic mass is 127. The summed E-state index contributed by atoms with van der Waals surface area (Å²) < 4.78 is 1.43. The lowest BCUT2D eigenvalue weighted by Gasteiger charge is -1.93. The monoisotopic (exact) mass is 299 g/mol. The lowest BCUT2D eigenvalue weighted by atomic mass is 10.7. The second kappa shape index (κ2) is 2.78. The van der Waals surface area contributed by atoms with Gasteiger partial charge in [-0.3, -0.25) is 0 Å². The van der Waals surface area contributed by atoms with E-state index in [1.807, 2.05) is 0 Å². The van der Waals surface area contributed by atoms with Gasteiger partial charge < -0.3 is 5.73 Å². The van der Waals surface area contributed by atoms with Gasteiger partial charge in [-0.15, -0.1) is 0 Å². The minimum atomic E-state index is 0.426. The average molecular weight is 300 g/mol. The van der Waals surface area contributed by atoms with Gasteiger partial charge in [0.1, 0.15) is 8.30 Å². The summed E-state index contributed by atoms with van der Waals surface area (Å²) in [6.07, 6.45) is 1.61. The molecule has 0 aliphatic heterocycles. The summed E-state index contributed by atoms with van der Waals surface area (Å²) in [7, 11) is 0. The van der Waals surface area contributed by atoms with Crippen LogP contribution >= 0.6 is 38.5 Å². The van der Waals surface area contributed by atoms with E-state index in [0.29, 0.717) is 10.4 Å². The highest BCUT2D eigenvalue weighted by Crippen LogP contribution is 2.13. The average Bonchev–Trinajstić information content (AvgIpc) is 1.80. The molecule has 0 amide bonds. The molecule has 1 rings (SSSR count). The van der Waals surface area contributed by atoms with Crippen molar-refractivity contribution in [1.82, 2.24) is 9.97 Å². The maximum atomic E-state index is 5.36. The van der Waals surface area contributed by atoms with Crippen LogP contribution in [0.3, 0.4) is 0 Å². The second-order valence-electron chi connectivity index (χ2n) is 1.37. The number of nitrogen functional groups attached to an aromatic ring is 1. The molecule has 0 saturated carbocycles. The Kier molecular flexibility index (Phi) is 2.23. The maximum Gasteiger partial charge on any atom is 0.156 e. The standard InChI is InChI=1S/C4H3BrIN3/c5-3-4(7)8-1-2(6)9-3/h1H,(H2,7,8). The fourth-order valence-corrected chi connectivity index (χ4v) is 1.36. The Morgan fingerprint density at radius 1 is 1.67 bits per heavy atom. The molecule has 48 valence electrons. The summed E-state index contributed by atoms with van der Waals surface area (Å²) in [5.74, 6) is 0.426. The molecule has 9 heavy (non-hydrogen) atoms. The van der Waals surface area contributed by atoms with Crippen molar-refractivity contribution in [3.63, 3.8) is 0 Å². The number of anilines is 1. The number of halogens is 2. The third-order valence-corrected chi connectivity index (χ3v) is 1.83. The first kappa shape index (κ1) is 7.20. The van der Waals surface area contributed by atoms with Gasteiger partial charge in [-0.1, -0.05) is 0 Å². The van der Waals surface area contributed by atoms with E-state index in [0.717, 1.165) is 3.70 Å². The van der Waals surface area contributed by atoms with Gasteiger partial charge in [-0.2, -0.15) is 0 Å². The van der Waals surface area contributed by atoms with E-state index in [2.05, 4.69) is 48.5 Å². The first-order chi connectivity index (χ1) is 4.20. The van der Waals surface area contributed by atoms with Crippen LogP contribution < -0.4 is 5.73 Å². The molecule has 5 heteroatoms. The van der Waals surface area contributed by atoms with Crippen LogP contribution in [0.15, 0.2) is 10.8 Å². The van der Waals surface area contributed by atoms with Crippen LogP contribution in [-0.2, 0) is 0 Å². The molecule has 0 radical (unpaired) electrons. The van der Waals surface area contributed by atoms with Crippen molar-refractivity contribution in [3.05, 3.63) is 14.5 Å². The molecule has 0 unspecified atom stereocenters. The van der Waals surface area contributed by atoms with Crippen LogP contribution in [0.5, 0.6) is 0 Å². The molecule has 2 N–H and O–H groups in total. The molecule has 1 heterocycles. The van der Waals surface area contributed by atoms with Gasteiger partial charge in [0, 0.05) is 0 Å². The van der Waals surface area contributed by atoms with Crippen molar-refractivity contribution < 1.29 is 0 Å². The van der Waals surface area contributed by atoms with Crippen molar-refractivity contribution >= 4 is 44.3 Å². The van der Waals surface area contributed by atoms with Gasteiger partial charge in [0.15, 0.2) is 5.82 Å². The third-order valence-electron chi connectivity index (χ3n) is 0.726. The molecule has 0 fully saturated rings. The smallest absolute Gasteiger partial charge is 0.156 e. The Morgan fingerprint density at radius 3 is 2.78 bits per heavy atom. The maximum absolute atomic E-state index is 5.36. The normalized spacial score (nSPS) is 9.56. The molecule has 1 aromatic rings. The minimum absolute atomic E-state index is 0.426. The fourth-order valence-electron chi connectivity index (χ4n) is 0.356. The number of rotatable bonds is 0. The minimum Gasteiger partial charge on any atom is -0.381 e. The predicted octanol–water partition coefficient (Wildman–Crippen LogP) is 1.43. The van der Waals surface area contributed by atoms with Gasteiger partial charge in [-0.05, 0) is 38.5 Å². The Labute approximate surface area is 74.3 Å². The second-order valence-corrected chi connectivity index (χ2v) is 3.23. The number of aromatic nitrogens is 2. The Morgan fingerprint density at radius 2 is 2.33 bits per heavy atom. The van der Waals surface area contributed by atoms with E-state index in [-0.39, 0.29) is 0 Å². The zero-order valence-electron chi connectivity index (χ0n) is 4.31. The zero-order chi connectivity index (χ0) is 6.85. The van der Waals surface area contributed by atoms with Crippen LogP contribution in [0, 0.1) is 3.70 Å². The summed E-state index contributed by atoms with van der Waals surface area (Å²) in [6.45, 7) is 0. The van der Waals surface area contributed by atoms with Crippen LogP contribution in [0.1, 0.15) is 0 Å². The van der Waals surface area contributed by atoms with Crippen molar-refractivity contribution in [3.8, 4) is 0 Å². The van der Waals surface area contributed by atoms with E-state index < -0.39 is 0 Å². The SMILES string of the molecule is Nc1ncc(I)nc1Br. The van der Waals surface area contributed by atoms with Gasteiger partial charge in [-0.25, -0.2) is 9.97 Å². The summed E-state index contributed by atoms with van der Waals surface area (Å²) in [4.78, 5) is 7.83. The van der Waals surface area contributed by atoms with Crippen LogP contribution in [-0.4, -0.2) is 9.97 Å². The third kappa shape index (κ3) is 1.75. The van der Waals surface area contributed by atoms with Crippen molar-refractivity contribution in [1.29, 1.82) is 0 Å².